The highest BCUT2D eigenvalue weighted by Gasteiger charge is 2.29. The van der Waals surface area contributed by atoms with Gasteiger partial charge in [-0.15, -0.1) is 0 Å². The van der Waals surface area contributed by atoms with Crippen LogP contribution < -0.4 is 0 Å². The first-order valence-corrected chi connectivity index (χ1v) is 5.24. The highest BCUT2D eigenvalue weighted by Crippen LogP contribution is 2.31. The summed E-state index contributed by atoms with van der Waals surface area (Å²) in [6.07, 6.45) is 5.25. The maximum absolute atomic E-state index is 13.8. The van der Waals surface area contributed by atoms with E-state index in [4.69, 9.17) is 0 Å². The van der Waals surface area contributed by atoms with Crippen molar-refractivity contribution in [2.24, 2.45) is 0 Å². The van der Waals surface area contributed by atoms with E-state index in [0.717, 1.165) is 16.7 Å². The van der Waals surface area contributed by atoms with Crippen molar-refractivity contribution in [3.05, 3.63) is 53.6 Å². The van der Waals surface area contributed by atoms with Gasteiger partial charge in [-0.05, 0) is 24.1 Å². The monoisotopic (exact) mass is 216 g/mol. The Morgan fingerprint density at radius 3 is 2.62 bits per heavy atom. The molecule has 1 aromatic rings. The number of carbonyl (C=O) groups excluding carboxylic acids is 1. The molecule has 2 rings (SSSR count). The van der Waals surface area contributed by atoms with Gasteiger partial charge in [-0.3, -0.25) is 4.79 Å². The normalized spacial score (nSPS) is 24.0. The minimum atomic E-state index is -1.84. The average Bonchev–Trinajstić information content (AvgIpc) is 2.30. The molecule has 0 heterocycles. The number of alkyl halides is 1. The summed E-state index contributed by atoms with van der Waals surface area (Å²) in [5.41, 5.74) is 1.16. The van der Waals surface area contributed by atoms with Gasteiger partial charge in [0.1, 0.15) is 0 Å². The molecule has 0 saturated heterocycles. The lowest BCUT2D eigenvalue weighted by Crippen LogP contribution is -2.23. The van der Waals surface area contributed by atoms with E-state index >= 15 is 0 Å². The van der Waals surface area contributed by atoms with E-state index in [1.165, 1.54) is 6.08 Å². The Bertz CT molecular complexity index is 456. The molecule has 0 amide bonds. The summed E-state index contributed by atoms with van der Waals surface area (Å²) in [7, 11) is 0. The predicted molar refractivity (Wildman–Crippen MR) is 62.8 cm³/mol. The van der Waals surface area contributed by atoms with E-state index in [0.29, 0.717) is 6.29 Å². The fourth-order valence-corrected chi connectivity index (χ4v) is 1.78. The van der Waals surface area contributed by atoms with Crippen molar-refractivity contribution >= 4 is 11.9 Å². The Labute approximate surface area is 94.3 Å². The maximum atomic E-state index is 13.8. The third kappa shape index (κ3) is 2.11. The summed E-state index contributed by atoms with van der Waals surface area (Å²) < 4.78 is 13.8. The zero-order valence-electron chi connectivity index (χ0n) is 9.11. The number of halogens is 1. The summed E-state index contributed by atoms with van der Waals surface area (Å²) in [4.78, 5) is 10.7. The zero-order valence-corrected chi connectivity index (χ0v) is 9.11. The van der Waals surface area contributed by atoms with E-state index in [-0.39, 0.29) is 6.42 Å². The molecule has 16 heavy (non-hydrogen) atoms. The minimum absolute atomic E-state index is 0.121. The highest BCUT2D eigenvalue weighted by atomic mass is 19.1. The van der Waals surface area contributed by atoms with Gasteiger partial charge in [-0.1, -0.05) is 42.0 Å². The molecule has 1 atom stereocenters. The topological polar surface area (TPSA) is 17.1 Å². The SMILES string of the molecule is Cc1ccc(C2=CC=CC(F)(C=O)C2)cc1. The first-order chi connectivity index (χ1) is 7.63. The van der Waals surface area contributed by atoms with Crippen LogP contribution in [0.3, 0.4) is 0 Å². The smallest absolute Gasteiger partial charge is 0.188 e. The van der Waals surface area contributed by atoms with Gasteiger partial charge in [-0.25, -0.2) is 4.39 Å². The van der Waals surface area contributed by atoms with Crippen LogP contribution >= 0.6 is 0 Å². The lowest BCUT2D eigenvalue weighted by atomic mass is 9.88. The van der Waals surface area contributed by atoms with E-state index in [1.54, 1.807) is 6.08 Å². The second-order valence-electron chi connectivity index (χ2n) is 4.14. The second-order valence-corrected chi connectivity index (χ2v) is 4.14. The zero-order chi connectivity index (χ0) is 11.6. The van der Waals surface area contributed by atoms with E-state index < -0.39 is 5.67 Å². The van der Waals surface area contributed by atoms with Gasteiger partial charge in [0, 0.05) is 6.42 Å². The van der Waals surface area contributed by atoms with Crippen LogP contribution in [0.4, 0.5) is 4.39 Å². The summed E-state index contributed by atoms with van der Waals surface area (Å²) in [6.45, 7) is 2.00. The Kier molecular flexibility index (Phi) is 2.73. The summed E-state index contributed by atoms with van der Waals surface area (Å²) in [5.74, 6) is 0. The molecule has 0 N–H and O–H groups in total. The van der Waals surface area contributed by atoms with Gasteiger partial charge in [0.05, 0.1) is 0 Å². The van der Waals surface area contributed by atoms with Crippen molar-refractivity contribution in [3.63, 3.8) is 0 Å². The summed E-state index contributed by atoms with van der Waals surface area (Å²) >= 11 is 0. The third-order valence-electron chi connectivity index (χ3n) is 2.75. The maximum Gasteiger partial charge on any atom is 0.188 e. The van der Waals surface area contributed by atoms with Crippen LogP contribution in [0.15, 0.2) is 42.5 Å². The van der Waals surface area contributed by atoms with Crippen LogP contribution in [0, 0.1) is 6.92 Å². The van der Waals surface area contributed by atoms with Crippen molar-refractivity contribution < 1.29 is 9.18 Å². The van der Waals surface area contributed by atoms with Crippen molar-refractivity contribution in [2.45, 2.75) is 19.0 Å². The molecule has 1 aliphatic carbocycles. The molecule has 0 fully saturated rings. The molecule has 1 aliphatic rings. The van der Waals surface area contributed by atoms with Crippen LogP contribution in [-0.4, -0.2) is 12.0 Å². The van der Waals surface area contributed by atoms with E-state index in [2.05, 4.69) is 0 Å². The third-order valence-corrected chi connectivity index (χ3v) is 2.75. The number of hydrogen-bond acceptors (Lipinski definition) is 1. The molecule has 0 saturated carbocycles. The molecule has 0 spiro atoms. The van der Waals surface area contributed by atoms with Crippen LogP contribution in [0.1, 0.15) is 17.5 Å². The van der Waals surface area contributed by atoms with Crippen molar-refractivity contribution in [2.75, 3.05) is 0 Å². The first-order valence-electron chi connectivity index (χ1n) is 5.24. The Hall–Kier alpha value is -1.70. The number of aldehydes is 1. The number of carbonyl (C=O) groups is 1. The molecule has 0 aliphatic heterocycles. The summed E-state index contributed by atoms with van der Waals surface area (Å²) in [6, 6.07) is 7.86. The lowest BCUT2D eigenvalue weighted by Gasteiger charge is -2.20. The average molecular weight is 216 g/mol. The fourth-order valence-electron chi connectivity index (χ4n) is 1.78. The summed E-state index contributed by atoms with van der Waals surface area (Å²) in [5, 5.41) is 0. The number of aryl methyl sites for hydroxylation is 1. The largest absolute Gasteiger partial charge is 0.299 e. The predicted octanol–water partition coefficient (Wildman–Crippen LogP) is 3.25. The molecule has 1 nitrogen and oxygen atoms in total. The number of rotatable bonds is 2. The van der Waals surface area contributed by atoms with Crippen LogP contribution in [0.25, 0.3) is 5.57 Å². The standard InChI is InChI=1S/C14H13FO/c1-11-4-6-12(7-5-11)13-3-2-8-14(15,9-13)10-16/h2-8,10H,9H2,1H3. The lowest BCUT2D eigenvalue weighted by molar-refractivity contribution is -0.115. The van der Waals surface area contributed by atoms with E-state index in [1.807, 2.05) is 37.3 Å². The number of hydrogen-bond donors (Lipinski definition) is 0. The molecular formula is C14H13FO. The van der Waals surface area contributed by atoms with Crippen molar-refractivity contribution in [3.8, 4) is 0 Å². The molecule has 0 radical (unpaired) electrons. The first kappa shape index (κ1) is 10.8. The quantitative estimate of drug-likeness (QED) is 0.693. The Balaban J connectivity index is 2.30. The second kappa shape index (κ2) is 4.05. The van der Waals surface area contributed by atoms with Gasteiger partial charge in [0.15, 0.2) is 12.0 Å². The molecule has 82 valence electrons. The molecule has 1 aromatic carbocycles. The van der Waals surface area contributed by atoms with Crippen LogP contribution in [0.5, 0.6) is 0 Å². The fraction of sp³-hybridized carbons (Fsp3) is 0.214. The number of benzene rings is 1. The number of allylic oxidation sites excluding steroid dienone is 4. The molecule has 0 aromatic heterocycles. The van der Waals surface area contributed by atoms with Crippen LogP contribution in [-0.2, 0) is 4.79 Å². The Morgan fingerprint density at radius 1 is 1.31 bits per heavy atom. The molecular weight excluding hydrogens is 203 g/mol. The molecule has 1 unspecified atom stereocenters. The van der Waals surface area contributed by atoms with Crippen molar-refractivity contribution in [1.82, 2.24) is 0 Å². The van der Waals surface area contributed by atoms with Crippen LogP contribution in [0.2, 0.25) is 0 Å². The minimum Gasteiger partial charge on any atom is -0.299 e. The van der Waals surface area contributed by atoms with E-state index in [9.17, 15) is 9.18 Å². The van der Waals surface area contributed by atoms with Gasteiger partial charge >= 0.3 is 0 Å². The van der Waals surface area contributed by atoms with Crippen molar-refractivity contribution in [1.29, 1.82) is 0 Å². The van der Waals surface area contributed by atoms with Gasteiger partial charge in [0.2, 0.25) is 0 Å². The molecule has 2 heteroatoms. The van der Waals surface area contributed by atoms with Gasteiger partial charge in [-0.2, -0.15) is 0 Å². The molecule has 0 bridgehead atoms. The Morgan fingerprint density at radius 2 is 2.00 bits per heavy atom. The van der Waals surface area contributed by atoms with Gasteiger partial charge in [0.25, 0.3) is 0 Å². The van der Waals surface area contributed by atoms with Gasteiger partial charge < -0.3 is 0 Å². The highest BCUT2D eigenvalue weighted by molar-refractivity contribution is 5.78.